The molecule has 0 bridgehead atoms. The molecule has 0 N–H and O–H groups in total. The molecule has 22 heavy (non-hydrogen) atoms. The van der Waals surface area contributed by atoms with Crippen molar-refractivity contribution in [3.05, 3.63) is 56.4 Å². The van der Waals surface area contributed by atoms with Gasteiger partial charge in [0.25, 0.3) is 11.1 Å². The van der Waals surface area contributed by atoms with Crippen molar-refractivity contribution in [2.75, 3.05) is 0 Å². The number of rotatable bonds is 1. The van der Waals surface area contributed by atoms with Gasteiger partial charge in [0.05, 0.1) is 11.4 Å². The first-order valence-corrected chi connectivity index (χ1v) is 6.99. The van der Waals surface area contributed by atoms with E-state index in [1.165, 1.54) is 21.5 Å². The number of hydrogen-bond donors (Lipinski definition) is 0. The van der Waals surface area contributed by atoms with Crippen LogP contribution in [0, 0.1) is 13.8 Å². The first kappa shape index (κ1) is 22.0. The summed E-state index contributed by atoms with van der Waals surface area (Å²) in [4.78, 5) is 21.6. The molecule has 6 nitrogen and oxygen atoms in total. The molecule has 0 aliphatic carbocycles. The van der Waals surface area contributed by atoms with E-state index < -0.39 is 0 Å². The zero-order valence-electron chi connectivity index (χ0n) is 13.6. The molecule has 0 radical (unpaired) electrons. The molecule has 2 aromatic heterocycles. The van der Waals surface area contributed by atoms with Crippen molar-refractivity contribution >= 4 is 0 Å². The van der Waals surface area contributed by atoms with Gasteiger partial charge in [-0.25, -0.2) is 9.36 Å². The maximum atomic E-state index is 10.9. The lowest BCUT2D eigenvalue weighted by molar-refractivity contribution is 0.606. The molecule has 2 heterocycles. The van der Waals surface area contributed by atoms with Gasteiger partial charge < -0.3 is 0 Å². The van der Waals surface area contributed by atoms with Crippen LogP contribution < -0.4 is 11.1 Å². The summed E-state index contributed by atoms with van der Waals surface area (Å²) in [6.45, 7) is 10.2. The smallest absolute Gasteiger partial charge is 0.266 e. The summed E-state index contributed by atoms with van der Waals surface area (Å²) >= 11 is 0. The van der Waals surface area contributed by atoms with Crippen molar-refractivity contribution in [2.24, 2.45) is 7.05 Å². The van der Waals surface area contributed by atoms with Gasteiger partial charge in [0, 0.05) is 25.7 Å². The van der Waals surface area contributed by atoms with Crippen molar-refractivity contribution < 1.29 is 0 Å². The molecule has 2 rings (SSSR count). The molecular weight excluding hydrogens is 280 g/mol. The van der Waals surface area contributed by atoms with Gasteiger partial charge in [-0.15, -0.1) is 0 Å². The molecule has 0 amide bonds. The van der Waals surface area contributed by atoms with Gasteiger partial charge in [-0.05, 0) is 32.9 Å². The number of nitrogens with zero attached hydrogens (tertiary/aromatic N) is 4. The normalized spacial score (nSPS) is 8.64. The fourth-order valence-corrected chi connectivity index (χ4v) is 1.40. The maximum Gasteiger partial charge on any atom is 0.266 e. The Morgan fingerprint density at radius 3 is 1.73 bits per heavy atom. The Bertz CT molecular complexity index is 660. The van der Waals surface area contributed by atoms with Crippen LogP contribution in [0.15, 0.2) is 33.9 Å². The van der Waals surface area contributed by atoms with Crippen molar-refractivity contribution in [3.8, 4) is 0 Å². The van der Waals surface area contributed by atoms with E-state index in [0.717, 1.165) is 11.4 Å². The first-order chi connectivity index (χ1) is 9.93. The second kappa shape index (κ2) is 11.4. The third-order valence-electron chi connectivity index (χ3n) is 2.39. The molecule has 0 spiro atoms. The Labute approximate surface area is 132 Å². The van der Waals surface area contributed by atoms with Crippen LogP contribution in [0.1, 0.15) is 39.6 Å². The van der Waals surface area contributed by atoms with Crippen LogP contribution in [0.25, 0.3) is 0 Å². The standard InChI is InChI=1S/C7H10N2O.C6H8N2O.C2H6.CH4/c1-3-9-7(10)5-4-6(2)8-9;1-5-3-4-6(9)8(2)7-5;1-2;/h4-5H,3H2,1-2H3;3-4H,1-2H3;1-2H3;1H4. The highest BCUT2D eigenvalue weighted by Crippen LogP contribution is 1.84. The second-order valence-electron chi connectivity index (χ2n) is 4.07. The number of hydrogen-bond acceptors (Lipinski definition) is 4. The van der Waals surface area contributed by atoms with Crippen LogP contribution >= 0.6 is 0 Å². The molecule has 0 unspecified atom stereocenters. The minimum Gasteiger partial charge on any atom is -0.268 e. The summed E-state index contributed by atoms with van der Waals surface area (Å²) < 4.78 is 2.75. The summed E-state index contributed by atoms with van der Waals surface area (Å²) in [5, 5.41) is 7.87. The van der Waals surface area contributed by atoms with Gasteiger partial charge >= 0.3 is 0 Å². The zero-order valence-corrected chi connectivity index (χ0v) is 13.6. The minimum absolute atomic E-state index is 0. The minimum atomic E-state index is -0.0689. The average molecular weight is 308 g/mol. The summed E-state index contributed by atoms with van der Waals surface area (Å²) in [5.74, 6) is 0. The Hall–Kier alpha value is -2.24. The summed E-state index contributed by atoms with van der Waals surface area (Å²) in [6.07, 6.45) is 0. The van der Waals surface area contributed by atoms with Crippen LogP contribution in [0.2, 0.25) is 0 Å². The Kier molecular flexibility index (Phi) is 11.4. The van der Waals surface area contributed by atoms with E-state index in [2.05, 4.69) is 10.2 Å². The Morgan fingerprint density at radius 1 is 0.909 bits per heavy atom. The second-order valence-corrected chi connectivity index (χ2v) is 4.07. The fraction of sp³-hybridized carbons (Fsp3) is 0.500. The first-order valence-electron chi connectivity index (χ1n) is 6.99. The average Bonchev–Trinajstić information content (AvgIpc) is 2.48. The summed E-state index contributed by atoms with van der Waals surface area (Å²) in [7, 11) is 1.63. The van der Waals surface area contributed by atoms with Gasteiger partial charge in [-0.2, -0.15) is 10.2 Å². The summed E-state index contributed by atoms with van der Waals surface area (Å²) in [6, 6.07) is 6.45. The number of aromatic nitrogens is 4. The van der Waals surface area contributed by atoms with Crippen molar-refractivity contribution in [2.45, 2.75) is 48.6 Å². The lowest BCUT2D eigenvalue weighted by atomic mass is 10.4. The van der Waals surface area contributed by atoms with Crippen LogP contribution in [-0.4, -0.2) is 19.6 Å². The van der Waals surface area contributed by atoms with Gasteiger partial charge in [0.1, 0.15) is 0 Å². The van der Waals surface area contributed by atoms with Crippen LogP contribution in [0.3, 0.4) is 0 Å². The molecule has 6 heteroatoms. The highest BCUT2D eigenvalue weighted by Gasteiger charge is 1.91. The molecule has 0 aliphatic rings. The molecular formula is C16H28N4O2. The van der Waals surface area contributed by atoms with Gasteiger partial charge in [0.2, 0.25) is 0 Å². The topological polar surface area (TPSA) is 69.8 Å². The van der Waals surface area contributed by atoms with Gasteiger partial charge in [-0.3, -0.25) is 9.59 Å². The van der Waals surface area contributed by atoms with E-state index in [-0.39, 0.29) is 18.5 Å². The van der Waals surface area contributed by atoms with E-state index in [1.54, 1.807) is 19.2 Å². The molecule has 0 fully saturated rings. The Morgan fingerprint density at radius 2 is 1.36 bits per heavy atom. The predicted molar refractivity (Wildman–Crippen MR) is 91.2 cm³/mol. The Balaban J connectivity index is 0. The van der Waals surface area contributed by atoms with Crippen molar-refractivity contribution in [1.29, 1.82) is 0 Å². The van der Waals surface area contributed by atoms with Crippen molar-refractivity contribution in [3.63, 3.8) is 0 Å². The van der Waals surface area contributed by atoms with E-state index in [4.69, 9.17) is 0 Å². The quantitative estimate of drug-likeness (QED) is 0.810. The molecule has 0 saturated heterocycles. The molecule has 124 valence electrons. The highest BCUT2D eigenvalue weighted by molar-refractivity contribution is 4.97. The SMILES string of the molecule is C.CC.CCn1nc(C)ccc1=O.Cc1ccc(=O)n(C)n1. The summed E-state index contributed by atoms with van der Waals surface area (Å²) in [5.41, 5.74) is 1.63. The molecule has 0 aromatic carbocycles. The highest BCUT2D eigenvalue weighted by atomic mass is 16.1. The third kappa shape index (κ3) is 7.52. The molecule has 0 saturated carbocycles. The van der Waals surface area contributed by atoms with E-state index in [9.17, 15) is 9.59 Å². The fourth-order valence-electron chi connectivity index (χ4n) is 1.40. The van der Waals surface area contributed by atoms with Crippen LogP contribution in [0.4, 0.5) is 0 Å². The largest absolute Gasteiger partial charge is 0.268 e. The molecule has 0 atom stereocenters. The predicted octanol–water partition coefficient (Wildman–Crippen LogP) is 2.32. The van der Waals surface area contributed by atoms with Crippen LogP contribution in [0.5, 0.6) is 0 Å². The maximum absolute atomic E-state index is 10.9. The lowest BCUT2D eigenvalue weighted by Gasteiger charge is -1.98. The van der Waals surface area contributed by atoms with Crippen LogP contribution in [-0.2, 0) is 13.6 Å². The van der Waals surface area contributed by atoms with Crippen molar-refractivity contribution in [1.82, 2.24) is 19.6 Å². The van der Waals surface area contributed by atoms with E-state index >= 15 is 0 Å². The van der Waals surface area contributed by atoms with Gasteiger partial charge in [-0.1, -0.05) is 21.3 Å². The number of aryl methyl sites for hydroxylation is 4. The molecule has 0 aliphatic heterocycles. The lowest BCUT2D eigenvalue weighted by Crippen LogP contribution is -2.21. The molecule has 2 aromatic rings. The van der Waals surface area contributed by atoms with E-state index in [1.807, 2.05) is 34.6 Å². The van der Waals surface area contributed by atoms with E-state index in [0.29, 0.717) is 6.54 Å². The van der Waals surface area contributed by atoms with Gasteiger partial charge in [0.15, 0.2) is 0 Å². The zero-order chi connectivity index (χ0) is 16.4. The third-order valence-corrected chi connectivity index (χ3v) is 2.39. The monoisotopic (exact) mass is 308 g/mol.